The van der Waals surface area contributed by atoms with Crippen LogP contribution in [0, 0.1) is 10.1 Å². The average Bonchev–Trinajstić information content (AvgIpc) is 2.56. The molecule has 0 radical (unpaired) electrons. The topological polar surface area (TPSA) is 88.0 Å². The molecule has 1 aromatic carbocycles. The molecule has 0 amide bonds. The molecule has 1 N–H and O–H groups in total. The number of nitrogens with zero attached hydrogens (tertiary/aromatic N) is 3. The highest BCUT2D eigenvalue weighted by Gasteiger charge is 2.18. The van der Waals surface area contributed by atoms with Crippen LogP contribution in [0.4, 0.5) is 11.4 Å². The highest BCUT2D eigenvalue weighted by Crippen LogP contribution is 2.25. The number of likely N-dealkylation sites (N-methyl/N-ethyl adjacent to an activating group) is 1. The third kappa shape index (κ3) is 4.64. The molecule has 126 valence electrons. The number of carbonyl (C=O) groups is 1. The number of carbonyl (C=O) groups excluding carboxylic acids is 1. The molecule has 0 spiro atoms. The highest BCUT2D eigenvalue weighted by molar-refractivity contribution is 5.91. The first-order chi connectivity index (χ1) is 11.0. The molecule has 1 aromatic rings. The molecule has 1 aliphatic heterocycles. The SMILES string of the molecule is COC(=O)c1ccc(NCCN2CCN(C)CC2)c([N+](=O)[O-])c1. The lowest BCUT2D eigenvalue weighted by molar-refractivity contribution is -0.384. The maximum atomic E-state index is 11.5. The monoisotopic (exact) mass is 322 g/mol. The first-order valence-electron chi connectivity index (χ1n) is 7.53. The smallest absolute Gasteiger partial charge is 0.338 e. The van der Waals surface area contributed by atoms with Gasteiger partial charge in [0.2, 0.25) is 0 Å². The number of benzene rings is 1. The number of piperazine rings is 1. The van der Waals surface area contributed by atoms with Gasteiger partial charge < -0.3 is 15.0 Å². The Labute approximate surface area is 135 Å². The van der Waals surface area contributed by atoms with E-state index in [1.165, 1.54) is 19.2 Å². The van der Waals surface area contributed by atoms with Gasteiger partial charge in [0.05, 0.1) is 17.6 Å². The van der Waals surface area contributed by atoms with Gasteiger partial charge in [-0.15, -0.1) is 0 Å². The summed E-state index contributed by atoms with van der Waals surface area (Å²) in [6, 6.07) is 4.31. The molecule has 23 heavy (non-hydrogen) atoms. The Hall–Kier alpha value is -2.19. The summed E-state index contributed by atoms with van der Waals surface area (Å²) in [4.78, 5) is 26.8. The summed E-state index contributed by atoms with van der Waals surface area (Å²) in [7, 11) is 3.35. The normalized spacial score (nSPS) is 16.1. The minimum absolute atomic E-state index is 0.119. The van der Waals surface area contributed by atoms with Crippen molar-refractivity contribution in [2.24, 2.45) is 0 Å². The second kappa shape index (κ2) is 7.89. The van der Waals surface area contributed by atoms with Crippen LogP contribution in [-0.2, 0) is 4.74 Å². The van der Waals surface area contributed by atoms with Gasteiger partial charge >= 0.3 is 5.97 Å². The lowest BCUT2D eigenvalue weighted by atomic mass is 10.1. The molecule has 8 nitrogen and oxygen atoms in total. The first-order valence-corrected chi connectivity index (χ1v) is 7.53. The molecule has 1 fully saturated rings. The number of hydrogen-bond donors (Lipinski definition) is 1. The Morgan fingerprint density at radius 3 is 2.65 bits per heavy atom. The van der Waals surface area contributed by atoms with Crippen LogP contribution >= 0.6 is 0 Å². The van der Waals surface area contributed by atoms with Crippen LogP contribution in [0.15, 0.2) is 18.2 Å². The lowest BCUT2D eigenvalue weighted by Gasteiger charge is -2.32. The highest BCUT2D eigenvalue weighted by atomic mass is 16.6. The predicted molar refractivity (Wildman–Crippen MR) is 86.9 cm³/mol. The average molecular weight is 322 g/mol. The number of ether oxygens (including phenoxy) is 1. The van der Waals surface area contributed by atoms with E-state index in [0.717, 1.165) is 32.7 Å². The number of methoxy groups -OCH3 is 1. The van der Waals surface area contributed by atoms with Crippen LogP contribution in [0.1, 0.15) is 10.4 Å². The van der Waals surface area contributed by atoms with E-state index < -0.39 is 10.9 Å². The zero-order valence-electron chi connectivity index (χ0n) is 13.4. The molecule has 0 saturated carbocycles. The molecule has 0 atom stereocenters. The van der Waals surface area contributed by atoms with Gasteiger partial charge in [-0.05, 0) is 19.2 Å². The minimum Gasteiger partial charge on any atom is -0.465 e. The van der Waals surface area contributed by atoms with Gasteiger partial charge in [-0.2, -0.15) is 0 Å². The number of nitro groups is 1. The van der Waals surface area contributed by atoms with Crippen LogP contribution in [-0.4, -0.2) is 74.1 Å². The number of anilines is 1. The molecule has 1 heterocycles. The second-order valence-corrected chi connectivity index (χ2v) is 5.55. The van der Waals surface area contributed by atoms with E-state index in [9.17, 15) is 14.9 Å². The molecule has 0 aliphatic carbocycles. The largest absolute Gasteiger partial charge is 0.465 e. The summed E-state index contributed by atoms with van der Waals surface area (Å²) in [5, 5.41) is 14.3. The Morgan fingerprint density at radius 1 is 1.35 bits per heavy atom. The number of hydrogen-bond acceptors (Lipinski definition) is 7. The molecule has 2 rings (SSSR count). The van der Waals surface area contributed by atoms with Crippen molar-refractivity contribution in [3.63, 3.8) is 0 Å². The summed E-state index contributed by atoms with van der Waals surface area (Å²) in [6.45, 7) is 5.51. The van der Waals surface area contributed by atoms with Crippen molar-refractivity contribution in [2.75, 3.05) is 58.7 Å². The van der Waals surface area contributed by atoms with Crippen molar-refractivity contribution in [1.82, 2.24) is 9.80 Å². The Morgan fingerprint density at radius 2 is 2.04 bits per heavy atom. The van der Waals surface area contributed by atoms with Crippen LogP contribution in [0.3, 0.4) is 0 Å². The lowest BCUT2D eigenvalue weighted by Crippen LogP contribution is -2.45. The third-order valence-electron chi connectivity index (χ3n) is 3.95. The zero-order chi connectivity index (χ0) is 16.8. The van der Waals surface area contributed by atoms with E-state index in [1.807, 2.05) is 0 Å². The van der Waals surface area contributed by atoms with Crippen LogP contribution < -0.4 is 5.32 Å². The van der Waals surface area contributed by atoms with Crippen molar-refractivity contribution < 1.29 is 14.5 Å². The number of nitrogens with one attached hydrogen (secondary N) is 1. The van der Waals surface area contributed by atoms with Crippen molar-refractivity contribution in [3.8, 4) is 0 Å². The van der Waals surface area contributed by atoms with Crippen molar-refractivity contribution in [1.29, 1.82) is 0 Å². The van der Waals surface area contributed by atoms with Gasteiger partial charge in [-0.1, -0.05) is 0 Å². The van der Waals surface area contributed by atoms with Gasteiger partial charge in [0.1, 0.15) is 5.69 Å². The number of esters is 1. The van der Waals surface area contributed by atoms with Crippen molar-refractivity contribution in [2.45, 2.75) is 0 Å². The van der Waals surface area contributed by atoms with Gasteiger partial charge in [-0.25, -0.2) is 4.79 Å². The standard InChI is InChI=1S/C15H22N4O4/c1-17-7-9-18(10-8-17)6-5-16-13-4-3-12(15(20)23-2)11-14(13)19(21)22/h3-4,11,16H,5-10H2,1-2H3. The Bertz CT molecular complexity index is 571. The Kier molecular flexibility index (Phi) is 5.89. The van der Waals surface area contributed by atoms with Gasteiger partial charge in [-0.3, -0.25) is 15.0 Å². The fourth-order valence-electron chi connectivity index (χ4n) is 2.50. The molecule has 1 saturated heterocycles. The first kappa shape index (κ1) is 17.2. The van der Waals surface area contributed by atoms with Crippen molar-refractivity contribution >= 4 is 17.3 Å². The van der Waals surface area contributed by atoms with E-state index in [-0.39, 0.29) is 11.3 Å². The van der Waals surface area contributed by atoms with Crippen LogP contribution in [0.2, 0.25) is 0 Å². The van der Waals surface area contributed by atoms with E-state index >= 15 is 0 Å². The minimum atomic E-state index is -0.586. The summed E-state index contributed by atoms with van der Waals surface area (Å²) in [5.41, 5.74) is 0.465. The van der Waals surface area contributed by atoms with Crippen LogP contribution in [0.25, 0.3) is 0 Å². The molecular weight excluding hydrogens is 300 g/mol. The van der Waals surface area contributed by atoms with E-state index in [1.54, 1.807) is 6.07 Å². The second-order valence-electron chi connectivity index (χ2n) is 5.55. The molecule has 0 bridgehead atoms. The maximum Gasteiger partial charge on any atom is 0.338 e. The summed E-state index contributed by atoms with van der Waals surface area (Å²) >= 11 is 0. The summed E-state index contributed by atoms with van der Waals surface area (Å²) in [5.74, 6) is -0.586. The fourth-order valence-corrected chi connectivity index (χ4v) is 2.50. The van der Waals surface area contributed by atoms with E-state index in [0.29, 0.717) is 12.2 Å². The third-order valence-corrected chi connectivity index (χ3v) is 3.95. The van der Waals surface area contributed by atoms with Gasteiger partial charge in [0.15, 0.2) is 0 Å². The zero-order valence-corrected chi connectivity index (χ0v) is 13.4. The number of nitro benzene ring substituents is 1. The molecule has 0 aromatic heterocycles. The molecule has 8 heteroatoms. The molecule has 0 unspecified atom stereocenters. The van der Waals surface area contributed by atoms with Crippen molar-refractivity contribution in [3.05, 3.63) is 33.9 Å². The summed E-state index contributed by atoms with van der Waals surface area (Å²) < 4.78 is 4.59. The van der Waals surface area contributed by atoms with Crippen LogP contribution in [0.5, 0.6) is 0 Å². The fraction of sp³-hybridized carbons (Fsp3) is 0.533. The Balaban J connectivity index is 1.96. The quantitative estimate of drug-likeness (QED) is 0.475. The van der Waals surface area contributed by atoms with E-state index in [2.05, 4.69) is 26.9 Å². The molecular formula is C15H22N4O4. The van der Waals surface area contributed by atoms with Gasteiger partial charge in [0.25, 0.3) is 5.69 Å². The van der Waals surface area contributed by atoms with E-state index in [4.69, 9.17) is 0 Å². The summed E-state index contributed by atoms with van der Waals surface area (Å²) in [6.07, 6.45) is 0. The predicted octanol–water partition coefficient (Wildman–Crippen LogP) is 1.04. The van der Waals surface area contributed by atoms with Gasteiger partial charge in [0, 0.05) is 45.3 Å². The maximum absolute atomic E-state index is 11.5. The molecule has 1 aliphatic rings. The number of rotatable bonds is 6.